The maximum atomic E-state index is 12.1. The number of hydrogen-bond acceptors (Lipinski definition) is 4. The largest absolute Gasteiger partial charge is 0.461 e. The fourth-order valence-electron chi connectivity index (χ4n) is 2.34. The average molecular weight is 312 g/mol. The molecule has 0 atom stereocenters. The van der Waals surface area contributed by atoms with Gasteiger partial charge in [-0.05, 0) is 18.6 Å². The Balaban J connectivity index is 1.67. The number of aromatic nitrogens is 3. The first-order chi connectivity index (χ1) is 11.2. The molecule has 0 aliphatic carbocycles. The van der Waals surface area contributed by atoms with E-state index < -0.39 is 5.97 Å². The second-order valence-corrected chi connectivity index (χ2v) is 4.97. The Hall–Kier alpha value is -3.09. The van der Waals surface area contributed by atoms with Crippen molar-refractivity contribution in [1.29, 1.82) is 0 Å². The Bertz CT molecular complexity index is 850. The van der Waals surface area contributed by atoms with Crippen LogP contribution >= 0.6 is 0 Å². The van der Waals surface area contributed by atoms with E-state index in [4.69, 9.17) is 4.74 Å². The molecule has 3 rings (SSSR count). The highest BCUT2D eigenvalue weighted by Crippen LogP contribution is 2.18. The first-order valence-electron chi connectivity index (χ1n) is 7.24. The van der Waals surface area contributed by atoms with Gasteiger partial charge in [0.2, 0.25) is 5.91 Å². The van der Waals surface area contributed by atoms with Crippen LogP contribution in [0, 0.1) is 0 Å². The molecule has 0 spiro atoms. The van der Waals surface area contributed by atoms with E-state index in [1.165, 1.54) is 6.07 Å². The lowest BCUT2D eigenvalue weighted by Gasteiger charge is -2.01. The van der Waals surface area contributed by atoms with Crippen LogP contribution in [-0.4, -0.2) is 33.7 Å². The summed E-state index contributed by atoms with van der Waals surface area (Å²) < 4.78 is 4.85. The number of anilines is 1. The van der Waals surface area contributed by atoms with Crippen LogP contribution in [0.4, 0.5) is 5.82 Å². The highest BCUT2D eigenvalue weighted by molar-refractivity contribution is 5.96. The summed E-state index contributed by atoms with van der Waals surface area (Å²) in [5.74, 6) is -0.424. The lowest BCUT2D eigenvalue weighted by atomic mass is 10.1. The van der Waals surface area contributed by atoms with Crippen molar-refractivity contribution in [3.05, 3.63) is 47.8 Å². The molecule has 118 valence electrons. The Kier molecular flexibility index (Phi) is 4.09. The molecule has 3 N–H and O–H groups in total. The summed E-state index contributed by atoms with van der Waals surface area (Å²) >= 11 is 0. The lowest BCUT2D eigenvalue weighted by molar-refractivity contribution is -0.115. The molecule has 1 amide bonds. The van der Waals surface area contributed by atoms with E-state index in [0.29, 0.717) is 0 Å². The van der Waals surface area contributed by atoms with Crippen molar-refractivity contribution in [2.45, 2.75) is 13.3 Å². The Morgan fingerprint density at radius 3 is 2.96 bits per heavy atom. The van der Waals surface area contributed by atoms with Crippen molar-refractivity contribution < 1.29 is 14.3 Å². The van der Waals surface area contributed by atoms with Crippen LogP contribution < -0.4 is 5.32 Å². The molecule has 0 fully saturated rings. The van der Waals surface area contributed by atoms with Crippen molar-refractivity contribution in [3.8, 4) is 0 Å². The zero-order valence-electron chi connectivity index (χ0n) is 12.6. The highest BCUT2D eigenvalue weighted by Gasteiger charge is 2.13. The fraction of sp³-hybridized carbons (Fsp3) is 0.188. The first-order valence-corrected chi connectivity index (χ1v) is 7.24. The van der Waals surface area contributed by atoms with E-state index in [1.807, 2.05) is 30.5 Å². The molecule has 7 nitrogen and oxygen atoms in total. The minimum atomic E-state index is -0.503. The van der Waals surface area contributed by atoms with Crippen LogP contribution in [0.15, 0.2) is 36.5 Å². The summed E-state index contributed by atoms with van der Waals surface area (Å²) in [5, 5.41) is 10.1. The molecule has 0 saturated heterocycles. The minimum absolute atomic E-state index is 0.203. The topological polar surface area (TPSA) is 99.9 Å². The number of nitrogens with zero attached hydrogens (tertiary/aromatic N) is 1. The van der Waals surface area contributed by atoms with Crippen molar-refractivity contribution in [2.24, 2.45) is 0 Å². The number of rotatable bonds is 5. The number of H-pyrrole nitrogens is 2. The van der Waals surface area contributed by atoms with Crippen LogP contribution in [0.25, 0.3) is 10.9 Å². The molecule has 0 radical (unpaired) electrons. The monoisotopic (exact) mass is 312 g/mol. The molecular weight excluding hydrogens is 296 g/mol. The maximum absolute atomic E-state index is 12.1. The van der Waals surface area contributed by atoms with Gasteiger partial charge in [0, 0.05) is 23.2 Å². The van der Waals surface area contributed by atoms with E-state index in [1.54, 1.807) is 6.92 Å². The number of ether oxygens (including phenoxy) is 1. The molecule has 0 saturated carbocycles. The summed E-state index contributed by atoms with van der Waals surface area (Å²) in [6.07, 6.45) is 2.03. The van der Waals surface area contributed by atoms with Crippen LogP contribution in [0.3, 0.4) is 0 Å². The van der Waals surface area contributed by atoms with Crippen molar-refractivity contribution in [2.75, 3.05) is 11.9 Å². The first kappa shape index (κ1) is 14.8. The molecular formula is C16H16N4O3. The van der Waals surface area contributed by atoms with Gasteiger partial charge >= 0.3 is 5.97 Å². The van der Waals surface area contributed by atoms with E-state index in [9.17, 15) is 9.59 Å². The van der Waals surface area contributed by atoms with Crippen LogP contribution in [-0.2, 0) is 16.0 Å². The molecule has 3 aromatic rings. The second kappa shape index (κ2) is 6.35. The quantitative estimate of drug-likeness (QED) is 0.629. The molecule has 2 aromatic heterocycles. The van der Waals surface area contributed by atoms with Gasteiger partial charge < -0.3 is 15.0 Å². The number of carbonyl (C=O) groups is 2. The Morgan fingerprint density at radius 2 is 2.13 bits per heavy atom. The maximum Gasteiger partial charge on any atom is 0.356 e. The standard InChI is InChI=1S/C16H16N4O3/c1-2-23-16(22)13-8-14(20-19-13)18-15(21)7-10-9-17-12-6-4-3-5-11(10)12/h3-6,8-9,17H,2,7H2,1H3,(H2,18,19,20,21). The number of aromatic amines is 2. The predicted molar refractivity (Wildman–Crippen MR) is 85.2 cm³/mol. The lowest BCUT2D eigenvalue weighted by Crippen LogP contribution is -2.14. The number of amides is 1. The van der Waals surface area contributed by atoms with E-state index >= 15 is 0 Å². The predicted octanol–water partition coefficient (Wildman–Crippen LogP) is 2.25. The molecule has 2 heterocycles. The number of fused-ring (bicyclic) bond motifs is 1. The van der Waals surface area contributed by atoms with E-state index in [2.05, 4.69) is 20.5 Å². The molecule has 0 unspecified atom stereocenters. The van der Waals surface area contributed by atoms with Gasteiger partial charge in [0.15, 0.2) is 5.82 Å². The number of para-hydroxylation sites is 1. The molecule has 7 heteroatoms. The van der Waals surface area contributed by atoms with Gasteiger partial charge in [-0.2, -0.15) is 5.10 Å². The summed E-state index contributed by atoms with van der Waals surface area (Å²) in [5.41, 5.74) is 2.09. The normalized spacial score (nSPS) is 10.7. The fourth-order valence-corrected chi connectivity index (χ4v) is 2.34. The summed E-state index contributed by atoms with van der Waals surface area (Å²) in [7, 11) is 0. The molecule has 23 heavy (non-hydrogen) atoms. The van der Waals surface area contributed by atoms with Gasteiger partial charge in [0.25, 0.3) is 0 Å². The smallest absolute Gasteiger partial charge is 0.356 e. The highest BCUT2D eigenvalue weighted by atomic mass is 16.5. The van der Waals surface area contributed by atoms with Gasteiger partial charge in [-0.1, -0.05) is 18.2 Å². The number of nitrogens with one attached hydrogen (secondary N) is 3. The summed E-state index contributed by atoms with van der Waals surface area (Å²) in [4.78, 5) is 26.8. The molecule has 0 bridgehead atoms. The SMILES string of the molecule is CCOC(=O)c1cc(NC(=O)Cc2c[nH]c3ccccc23)n[nH]1. The van der Waals surface area contributed by atoms with Gasteiger partial charge in [-0.25, -0.2) is 4.79 Å². The Labute approximate surface area is 132 Å². The van der Waals surface area contributed by atoms with Crippen LogP contribution in [0.2, 0.25) is 0 Å². The second-order valence-electron chi connectivity index (χ2n) is 4.97. The third-order valence-corrected chi connectivity index (χ3v) is 3.37. The zero-order chi connectivity index (χ0) is 16.2. The van der Waals surface area contributed by atoms with Crippen molar-refractivity contribution in [3.63, 3.8) is 0 Å². The van der Waals surface area contributed by atoms with Gasteiger partial charge in [-0.15, -0.1) is 0 Å². The van der Waals surface area contributed by atoms with Gasteiger partial charge in [0.05, 0.1) is 13.0 Å². The zero-order valence-corrected chi connectivity index (χ0v) is 12.6. The number of hydrogen-bond donors (Lipinski definition) is 3. The third kappa shape index (κ3) is 3.23. The van der Waals surface area contributed by atoms with E-state index in [-0.39, 0.29) is 30.4 Å². The molecule has 0 aliphatic rings. The minimum Gasteiger partial charge on any atom is -0.461 e. The van der Waals surface area contributed by atoms with Crippen molar-refractivity contribution >= 4 is 28.6 Å². The molecule has 1 aromatic carbocycles. The number of benzene rings is 1. The van der Waals surface area contributed by atoms with Gasteiger partial charge in [-0.3, -0.25) is 9.89 Å². The van der Waals surface area contributed by atoms with Gasteiger partial charge in [0.1, 0.15) is 5.69 Å². The van der Waals surface area contributed by atoms with Crippen LogP contribution in [0.1, 0.15) is 23.0 Å². The summed E-state index contributed by atoms with van der Waals surface area (Å²) in [6.45, 7) is 2.00. The average Bonchev–Trinajstić information content (AvgIpc) is 3.15. The number of carbonyl (C=O) groups excluding carboxylic acids is 2. The third-order valence-electron chi connectivity index (χ3n) is 3.37. The van der Waals surface area contributed by atoms with Crippen molar-refractivity contribution in [1.82, 2.24) is 15.2 Å². The number of esters is 1. The Morgan fingerprint density at radius 1 is 1.30 bits per heavy atom. The van der Waals surface area contributed by atoms with E-state index in [0.717, 1.165) is 16.5 Å². The van der Waals surface area contributed by atoms with Crippen LogP contribution in [0.5, 0.6) is 0 Å². The molecule has 0 aliphatic heterocycles. The summed E-state index contributed by atoms with van der Waals surface area (Å²) in [6, 6.07) is 9.23.